The lowest BCUT2D eigenvalue weighted by Crippen LogP contribution is -2.24. The Hall–Kier alpha value is -1.68. The van der Waals surface area contributed by atoms with Gasteiger partial charge in [0.2, 0.25) is 0 Å². The fourth-order valence-electron chi connectivity index (χ4n) is 2.06. The molecule has 4 heteroatoms. The lowest BCUT2D eigenvalue weighted by atomic mass is 10.0. The molecular weight excluding hydrogens is 232 g/mol. The highest BCUT2D eigenvalue weighted by Gasteiger charge is 2.19. The number of ether oxygens (including phenoxy) is 1. The van der Waals surface area contributed by atoms with Gasteiger partial charge in [-0.05, 0) is 17.7 Å². The van der Waals surface area contributed by atoms with Crippen LogP contribution in [-0.2, 0) is 0 Å². The summed E-state index contributed by atoms with van der Waals surface area (Å²) in [5, 5.41) is 11.2. The molecule has 1 aromatic carbocycles. The number of fused-ring (bicyclic) bond motifs is 1. The number of thiophene rings is 1. The van der Waals surface area contributed by atoms with Gasteiger partial charge in [-0.2, -0.15) is 0 Å². The third-order valence-corrected chi connectivity index (χ3v) is 3.73. The van der Waals surface area contributed by atoms with Crippen LogP contribution in [0, 0.1) is 0 Å². The average Bonchev–Trinajstić information content (AvgIpc) is 2.86. The van der Waals surface area contributed by atoms with Crippen LogP contribution in [-0.4, -0.2) is 13.7 Å². The number of hydrogen-bond acceptors (Lipinski definition) is 4. The molecule has 2 heterocycles. The number of benzene rings is 1. The van der Waals surface area contributed by atoms with Crippen LogP contribution in [0.15, 0.2) is 35.0 Å². The molecule has 1 atom stereocenters. The maximum absolute atomic E-state index is 5.25. The van der Waals surface area contributed by atoms with Crippen molar-refractivity contribution in [2.45, 2.75) is 6.04 Å². The predicted octanol–water partition coefficient (Wildman–Crippen LogP) is 3.34. The maximum Gasteiger partial charge on any atom is 0.119 e. The van der Waals surface area contributed by atoms with Crippen molar-refractivity contribution < 1.29 is 4.74 Å². The first kappa shape index (κ1) is 10.5. The van der Waals surface area contributed by atoms with E-state index in [0.29, 0.717) is 6.04 Å². The van der Waals surface area contributed by atoms with Gasteiger partial charge in [0, 0.05) is 17.3 Å². The van der Waals surface area contributed by atoms with Gasteiger partial charge in [-0.3, -0.25) is 0 Å². The van der Waals surface area contributed by atoms with E-state index in [0.717, 1.165) is 12.3 Å². The van der Waals surface area contributed by atoms with E-state index in [1.54, 1.807) is 18.4 Å². The summed E-state index contributed by atoms with van der Waals surface area (Å²) >= 11 is 1.71. The summed E-state index contributed by atoms with van der Waals surface area (Å²) in [7, 11) is 1.70. The van der Waals surface area contributed by atoms with Crippen LogP contribution >= 0.6 is 11.3 Å². The fourth-order valence-corrected chi connectivity index (χ4v) is 2.80. The summed E-state index contributed by atoms with van der Waals surface area (Å²) in [5.74, 6) is 0.903. The molecule has 0 saturated carbocycles. The molecule has 0 bridgehead atoms. The zero-order valence-corrected chi connectivity index (χ0v) is 10.4. The van der Waals surface area contributed by atoms with Crippen molar-refractivity contribution in [3.8, 4) is 5.75 Å². The van der Waals surface area contributed by atoms with Crippen LogP contribution in [0.2, 0.25) is 0 Å². The van der Waals surface area contributed by atoms with Gasteiger partial charge < -0.3 is 15.4 Å². The van der Waals surface area contributed by atoms with E-state index < -0.39 is 0 Å². The number of anilines is 2. The van der Waals surface area contributed by atoms with Gasteiger partial charge in [0.05, 0.1) is 24.5 Å². The monoisotopic (exact) mass is 246 g/mol. The molecule has 17 heavy (non-hydrogen) atoms. The van der Waals surface area contributed by atoms with E-state index in [9.17, 15) is 0 Å². The lowest BCUT2D eigenvalue weighted by Gasteiger charge is -2.26. The smallest absolute Gasteiger partial charge is 0.119 e. The molecule has 2 aromatic rings. The highest BCUT2D eigenvalue weighted by atomic mass is 32.1. The summed E-state index contributed by atoms with van der Waals surface area (Å²) in [4.78, 5) is 0. The van der Waals surface area contributed by atoms with Gasteiger partial charge in [0.25, 0.3) is 0 Å². The molecule has 1 aromatic heterocycles. The summed E-state index contributed by atoms with van der Waals surface area (Å²) in [6, 6.07) is 8.50. The van der Waals surface area contributed by atoms with E-state index >= 15 is 0 Å². The van der Waals surface area contributed by atoms with E-state index in [4.69, 9.17) is 4.74 Å². The van der Waals surface area contributed by atoms with E-state index in [2.05, 4.69) is 33.5 Å². The Balaban J connectivity index is 1.86. The Morgan fingerprint density at radius 2 is 2.18 bits per heavy atom. The van der Waals surface area contributed by atoms with Gasteiger partial charge in [-0.15, -0.1) is 11.3 Å². The molecule has 2 N–H and O–H groups in total. The number of methoxy groups -OCH3 is 1. The van der Waals surface area contributed by atoms with Gasteiger partial charge >= 0.3 is 0 Å². The zero-order valence-electron chi connectivity index (χ0n) is 9.57. The number of rotatable bonds is 2. The van der Waals surface area contributed by atoms with E-state index in [-0.39, 0.29) is 0 Å². The third kappa shape index (κ3) is 1.96. The second kappa shape index (κ2) is 4.30. The van der Waals surface area contributed by atoms with E-state index in [1.165, 1.54) is 16.9 Å². The topological polar surface area (TPSA) is 33.3 Å². The first-order valence-electron chi connectivity index (χ1n) is 5.57. The molecule has 0 fully saturated rings. The standard InChI is InChI=1S/C13H14N2OS/c1-16-10-4-2-3-9(5-10)11-6-14-12-7-17-8-13(12)15-11/h2-5,7-8,11,14-15H,6H2,1H3. The Labute approximate surface area is 104 Å². The molecule has 0 radical (unpaired) electrons. The van der Waals surface area contributed by atoms with Crippen LogP contribution in [0.1, 0.15) is 11.6 Å². The van der Waals surface area contributed by atoms with Crippen LogP contribution < -0.4 is 15.4 Å². The van der Waals surface area contributed by atoms with Gasteiger partial charge in [0.1, 0.15) is 5.75 Å². The number of hydrogen-bond donors (Lipinski definition) is 2. The minimum absolute atomic E-state index is 0.298. The fraction of sp³-hybridized carbons (Fsp3) is 0.231. The van der Waals surface area contributed by atoms with Crippen LogP contribution in [0.4, 0.5) is 11.4 Å². The third-order valence-electron chi connectivity index (χ3n) is 2.98. The highest BCUT2D eigenvalue weighted by molar-refractivity contribution is 7.09. The molecule has 88 valence electrons. The van der Waals surface area contributed by atoms with Gasteiger partial charge in [-0.1, -0.05) is 12.1 Å². The first-order chi connectivity index (χ1) is 8.36. The quantitative estimate of drug-likeness (QED) is 0.852. The minimum atomic E-state index is 0.298. The summed E-state index contributed by atoms with van der Waals surface area (Å²) in [5.41, 5.74) is 3.64. The molecule has 3 rings (SSSR count). The molecule has 1 aliphatic heterocycles. The van der Waals surface area contributed by atoms with Crippen molar-refractivity contribution in [3.63, 3.8) is 0 Å². The van der Waals surface area contributed by atoms with Crippen molar-refractivity contribution in [2.24, 2.45) is 0 Å². The number of nitrogens with one attached hydrogen (secondary N) is 2. The first-order valence-corrected chi connectivity index (χ1v) is 6.51. The molecule has 3 nitrogen and oxygen atoms in total. The molecule has 1 aliphatic rings. The van der Waals surface area contributed by atoms with E-state index in [1.807, 2.05) is 12.1 Å². The average molecular weight is 246 g/mol. The van der Waals surface area contributed by atoms with Crippen molar-refractivity contribution in [1.29, 1.82) is 0 Å². The van der Waals surface area contributed by atoms with Crippen molar-refractivity contribution >= 4 is 22.7 Å². The van der Waals surface area contributed by atoms with Gasteiger partial charge in [0.15, 0.2) is 0 Å². The van der Waals surface area contributed by atoms with Crippen LogP contribution in [0.25, 0.3) is 0 Å². The largest absolute Gasteiger partial charge is 0.497 e. The van der Waals surface area contributed by atoms with Crippen molar-refractivity contribution in [2.75, 3.05) is 24.3 Å². The minimum Gasteiger partial charge on any atom is -0.497 e. The zero-order chi connectivity index (χ0) is 11.7. The van der Waals surface area contributed by atoms with Crippen molar-refractivity contribution in [3.05, 3.63) is 40.6 Å². The van der Waals surface area contributed by atoms with Crippen LogP contribution in [0.5, 0.6) is 5.75 Å². The Kier molecular flexibility index (Phi) is 2.65. The Morgan fingerprint density at radius 1 is 1.29 bits per heavy atom. The van der Waals surface area contributed by atoms with Crippen LogP contribution in [0.3, 0.4) is 0 Å². The highest BCUT2D eigenvalue weighted by Crippen LogP contribution is 2.34. The summed E-state index contributed by atoms with van der Waals surface area (Å²) < 4.78 is 5.25. The maximum atomic E-state index is 5.25. The summed E-state index contributed by atoms with van der Waals surface area (Å²) in [6.07, 6.45) is 0. The lowest BCUT2D eigenvalue weighted by molar-refractivity contribution is 0.414. The molecule has 1 unspecified atom stereocenters. The molecule has 0 saturated heterocycles. The Morgan fingerprint density at radius 3 is 3.06 bits per heavy atom. The predicted molar refractivity (Wildman–Crippen MR) is 72.2 cm³/mol. The SMILES string of the molecule is COc1cccc(C2CNc3cscc3N2)c1. The molecule has 0 spiro atoms. The molecular formula is C13H14N2OS. The molecule has 0 aliphatic carbocycles. The van der Waals surface area contributed by atoms with Gasteiger partial charge in [-0.25, -0.2) is 0 Å². The normalized spacial score (nSPS) is 17.8. The Bertz CT molecular complexity index is 524. The molecule has 0 amide bonds. The second-order valence-electron chi connectivity index (χ2n) is 4.05. The van der Waals surface area contributed by atoms with Crippen molar-refractivity contribution in [1.82, 2.24) is 0 Å². The second-order valence-corrected chi connectivity index (χ2v) is 4.80. The summed E-state index contributed by atoms with van der Waals surface area (Å²) in [6.45, 7) is 0.900.